The van der Waals surface area contributed by atoms with Gasteiger partial charge in [-0.05, 0) is 12.5 Å². The zero-order valence-corrected chi connectivity index (χ0v) is 14.1. The lowest BCUT2D eigenvalue weighted by atomic mass is 10.1. The van der Waals surface area contributed by atoms with Gasteiger partial charge in [-0.25, -0.2) is 0 Å². The molecule has 0 spiro atoms. The first kappa shape index (κ1) is 16.7. The van der Waals surface area contributed by atoms with Gasteiger partial charge in [0.1, 0.15) is 0 Å². The van der Waals surface area contributed by atoms with Crippen LogP contribution in [0.25, 0.3) is 6.08 Å². The lowest BCUT2D eigenvalue weighted by Gasteiger charge is -2.14. The molecule has 2 rings (SSSR count). The Kier molecular flexibility index (Phi) is 5.92. The van der Waals surface area contributed by atoms with Gasteiger partial charge in [-0.3, -0.25) is 0 Å². The minimum absolute atomic E-state index is 0.593. The van der Waals surface area contributed by atoms with E-state index in [4.69, 9.17) is 14.2 Å². The van der Waals surface area contributed by atoms with E-state index < -0.39 is 0 Å². The normalized spacial score (nSPS) is 10.6. The van der Waals surface area contributed by atoms with Crippen LogP contribution >= 0.6 is 0 Å². The Morgan fingerprint density at radius 2 is 1.52 bits per heavy atom. The summed E-state index contributed by atoms with van der Waals surface area (Å²) >= 11 is 0. The molecule has 0 atom stereocenters. The van der Waals surface area contributed by atoms with Gasteiger partial charge in [-0.1, -0.05) is 42.0 Å². The number of aryl methyl sites for hydroxylation is 1. The standard InChI is InChI=1S/C19H23NO3/c1-14-7-9-15(10-8-14)6-5-11-20-16-12-17(21-2)19(23-4)18(13-16)22-3/h5-10,12-13,20H,11H2,1-4H3/b6-5+. The quantitative estimate of drug-likeness (QED) is 0.833. The van der Waals surface area contributed by atoms with Crippen molar-refractivity contribution in [3.05, 3.63) is 53.6 Å². The van der Waals surface area contributed by atoms with Gasteiger partial charge in [0, 0.05) is 24.4 Å². The van der Waals surface area contributed by atoms with E-state index in [1.54, 1.807) is 21.3 Å². The van der Waals surface area contributed by atoms with E-state index in [9.17, 15) is 0 Å². The molecule has 122 valence electrons. The van der Waals surface area contributed by atoms with Gasteiger partial charge in [0.25, 0.3) is 0 Å². The largest absolute Gasteiger partial charge is 0.493 e. The molecule has 4 heteroatoms. The summed E-state index contributed by atoms with van der Waals surface area (Å²) in [5.74, 6) is 1.87. The molecular weight excluding hydrogens is 290 g/mol. The Balaban J connectivity index is 2.04. The molecule has 1 N–H and O–H groups in total. The van der Waals surface area contributed by atoms with E-state index in [1.165, 1.54) is 11.1 Å². The number of ether oxygens (including phenoxy) is 3. The summed E-state index contributed by atoms with van der Waals surface area (Å²) in [6.45, 7) is 2.78. The molecule has 4 nitrogen and oxygen atoms in total. The highest BCUT2D eigenvalue weighted by Crippen LogP contribution is 2.39. The minimum Gasteiger partial charge on any atom is -0.493 e. The first-order chi connectivity index (χ1) is 11.2. The molecule has 0 aliphatic carbocycles. The van der Waals surface area contributed by atoms with Crippen LogP contribution in [0.4, 0.5) is 5.69 Å². The molecule has 0 bridgehead atoms. The average molecular weight is 313 g/mol. The summed E-state index contributed by atoms with van der Waals surface area (Å²) in [4.78, 5) is 0. The van der Waals surface area contributed by atoms with E-state index in [0.717, 1.165) is 5.69 Å². The fourth-order valence-corrected chi connectivity index (χ4v) is 2.23. The van der Waals surface area contributed by atoms with E-state index in [-0.39, 0.29) is 0 Å². The maximum absolute atomic E-state index is 5.34. The topological polar surface area (TPSA) is 39.7 Å². The highest BCUT2D eigenvalue weighted by atomic mass is 16.5. The second-order valence-corrected chi connectivity index (χ2v) is 5.11. The predicted molar refractivity (Wildman–Crippen MR) is 94.8 cm³/mol. The zero-order chi connectivity index (χ0) is 16.7. The first-order valence-corrected chi connectivity index (χ1v) is 7.45. The van der Waals surface area contributed by atoms with Crippen molar-refractivity contribution >= 4 is 11.8 Å². The molecule has 0 heterocycles. The van der Waals surface area contributed by atoms with Crippen LogP contribution in [0.15, 0.2) is 42.5 Å². The SMILES string of the molecule is COc1cc(NC/C=C/c2ccc(C)cc2)cc(OC)c1OC. The molecule has 0 saturated carbocycles. The van der Waals surface area contributed by atoms with Crippen molar-refractivity contribution in [3.63, 3.8) is 0 Å². The summed E-state index contributed by atoms with van der Waals surface area (Å²) < 4.78 is 16.0. The van der Waals surface area contributed by atoms with Crippen molar-refractivity contribution in [2.45, 2.75) is 6.92 Å². The van der Waals surface area contributed by atoms with Gasteiger partial charge in [0.15, 0.2) is 11.5 Å². The number of hydrogen-bond acceptors (Lipinski definition) is 4. The van der Waals surface area contributed by atoms with Crippen LogP contribution in [-0.2, 0) is 0 Å². The van der Waals surface area contributed by atoms with Crippen molar-refractivity contribution in [1.82, 2.24) is 0 Å². The Hall–Kier alpha value is -2.62. The average Bonchev–Trinajstić information content (AvgIpc) is 2.59. The Bertz CT molecular complexity index is 638. The highest BCUT2D eigenvalue weighted by molar-refractivity contribution is 5.63. The monoisotopic (exact) mass is 313 g/mol. The van der Waals surface area contributed by atoms with Crippen molar-refractivity contribution in [2.24, 2.45) is 0 Å². The Morgan fingerprint density at radius 3 is 2.04 bits per heavy atom. The van der Waals surface area contributed by atoms with Gasteiger partial charge >= 0.3 is 0 Å². The number of benzene rings is 2. The number of nitrogens with one attached hydrogen (secondary N) is 1. The molecule has 0 saturated heterocycles. The van der Waals surface area contributed by atoms with E-state index >= 15 is 0 Å². The van der Waals surface area contributed by atoms with Crippen LogP contribution in [0.1, 0.15) is 11.1 Å². The summed E-state index contributed by atoms with van der Waals surface area (Å²) in [6.07, 6.45) is 4.16. The maximum Gasteiger partial charge on any atom is 0.203 e. The number of methoxy groups -OCH3 is 3. The fourth-order valence-electron chi connectivity index (χ4n) is 2.23. The molecule has 0 unspecified atom stereocenters. The van der Waals surface area contributed by atoms with E-state index in [1.807, 2.05) is 12.1 Å². The molecule has 0 aromatic heterocycles. The van der Waals surface area contributed by atoms with Crippen LogP contribution in [0.5, 0.6) is 17.2 Å². The number of rotatable bonds is 7. The molecule has 0 amide bonds. The molecule has 23 heavy (non-hydrogen) atoms. The van der Waals surface area contributed by atoms with Crippen LogP contribution in [0.2, 0.25) is 0 Å². The van der Waals surface area contributed by atoms with Crippen molar-refractivity contribution in [3.8, 4) is 17.2 Å². The third-order valence-electron chi connectivity index (χ3n) is 3.48. The number of anilines is 1. The third-order valence-corrected chi connectivity index (χ3v) is 3.48. The van der Waals surface area contributed by atoms with Crippen LogP contribution in [-0.4, -0.2) is 27.9 Å². The lowest BCUT2D eigenvalue weighted by molar-refractivity contribution is 0.324. The van der Waals surface area contributed by atoms with Crippen LogP contribution in [0.3, 0.4) is 0 Å². The summed E-state index contributed by atoms with van der Waals surface area (Å²) in [5, 5.41) is 3.32. The van der Waals surface area contributed by atoms with Gasteiger partial charge in [-0.2, -0.15) is 0 Å². The van der Waals surface area contributed by atoms with E-state index in [0.29, 0.717) is 23.8 Å². The van der Waals surface area contributed by atoms with Gasteiger partial charge in [0.05, 0.1) is 21.3 Å². The molecule has 0 aliphatic heterocycles. The Labute approximate surface area is 137 Å². The Morgan fingerprint density at radius 1 is 0.913 bits per heavy atom. The second kappa shape index (κ2) is 8.13. The minimum atomic E-state index is 0.593. The zero-order valence-electron chi connectivity index (χ0n) is 14.1. The van der Waals surface area contributed by atoms with Crippen molar-refractivity contribution < 1.29 is 14.2 Å². The van der Waals surface area contributed by atoms with Crippen molar-refractivity contribution in [2.75, 3.05) is 33.2 Å². The molecular formula is C19H23NO3. The molecule has 2 aromatic rings. The first-order valence-electron chi connectivity index (χ1n) is 7.45. The van der Waals surface area contributed by atoms with Crippen LogP contribution < -0.4 is 19.5 Å². The molecule has 0 radical (unpaired) electrons. The molecule has 0 aliphatic rings. The molecule has 0 fully saturated rings. The third kappa shape index (κ3) is 4.42. The van der Waals surface area contributed by atoms with Crippen molar-refractivity contribution in [1.29, 1.82) is 0 Å². The number of hydrogen-bond donors (Lipinski definition) is 1. The van der Waals surface area contributed by atoms with Gasteiger partial charge in [-0.15, -0.1) is 0 Å². The highest BCUT2D eigenvalue weighted by Gasteiger charge is 2.12. The second-order valence-electron chi connectivity index (χ2n) is 5.11. The summed E-state index contributed by atoms with van der Waals surface area (Å²) in [7, 11) is 4.81. The summed E-state index contributed by atoms with van der Waals surface area (Å²) in [6, 6.07) is 12.2. The fraction of sp³-hybridized carbons (Fsp3) is 0.263. The predicted octanol–water partition coefficient (Wildman–Crippen LogP) is 4.15. The smallest absolute Gasteiger partial charge is 0.203 e. The van der Waals surface area contributed by atoms with Gasteiger partial charge < -0.3 is 19.5 Å². The maximum atomic E-state index is 5.34. The lowest BCUT2D eigenvalue weighted by Crippen LogP contribution is -2.01. The van der Waals surface area contributed by atoms with Crippen LogP contribution in [0, 0.1) is 6.92 Å². The van der Waals surface area contributed by atoms with E-state index in [2.05, 4.69) is 48.7 Å². The summed E-state index contributed by atoms with van der Waals surface area (Å²) in [5.41, 5.74) is 3.35. The molecule has 2 aromatic carbocycles. The van der Waals surface area contributed by atoms with Gasteiger partial charge in [0.2, 0.25) is 5.75 Å².